The Kier molecular flexibility index (Phi) is 12.2. The Bertz CT molecular complexity index is 1380. The van der Waals surface area contributed by atoms with Crippen LogP contribution >= 0.6 is 0 Å². The highest BCUT2D eigenvalue weighted by atomic mass is 16.6. The zero-order chi connectivity index (χ0) is 32.1. The molecule has 2 unspecified atom stereocenters. The number of ether oxygens (including phenoxy) is 4. The first-order valence-corrected chi connectivity index (χ1v) is 13.8. The molecule has 2 heterocycles. The van der Waals surface area contributed by atoms with Crippen molar-refractivity contribution in [3.05, 3.63) is 97.1 Å². The van der Waals surface area contributed by atoms with Crippen molar-refractivity contribution in [1.29, 1.82) is 0 Å². The first-order chi connectivity index (χ1) is 21.2. The Balaban J connectivity index is 0.000000241. The van der Waals surface area contributed by atoms with E-state index in [1.54, 1.807) is 67.6 Å². The molecule has 0 aromatic heterocycles. The lowest BCUT2D eigenvalue weighted by molar-refractivity contribution is -0.189. The van der Waals surface area contributed by atoms with E-state index < -0.39 is 47.3 Å². The summed E-state index contributed by atoms with van der Waals surface area (Å²) in [6, 6.07) is 16.8. The number of carbonyl (C=O) groups excluding carboxylic acids is 6. The summed E-state index contributed by atoms with van der Waals surface area (Å²) in [5.74, 6) is -3.90. The average Bonchev–Trinajstić information content (AvgIpc) is 3.07. The van der Waals surface area contributed by atoms with E-state index >= 15 is 0 Å². The van der Waals surface area contributed by atoms with E-state index in [1.165, 1.54) is 12.2 Å². The lowest BCUT2D eigenvalue weighted by Crippen LogP contribution is -2.62. The van der Waals surface area contributed by atoms with E-state index in [0.29, 0.717) is 11.1 Å². The van der Waals surface area contributed by atoms with Gasteiger partial charge in [0.05, 0.1) is 26.3 Å². The first kappa shape index (κ1) is 33.6. The lowest BCUT2D eigenvalue weighted by atomic mass is 9.96. The van der Waals surface area contributed by atoms with Crippen LogP contribution in [0, 0.1) is 0 Å². The highest BCUT2D eigenvalue weighted by molar-refractivity contribution is 6.15. The molecule has 2 aliphatic heterocycles. The van der Waals surface area contributed by atoms with E-state index in [4.69, 9.17) is 18.9 Å². The number of hydrogen-bond donors (Lipinski definition) is 0. The fourth-order valence-corrected chi connectivity index (χ4v) is 4.33. The third-order valence-electron chi connectivity index (χ3n) is 6.59. The molecular weight excluding hydrogens is 572 g/mol. The maximum atomic E-state index is 12.8. The fourth-order valence-electron chi connectivity index (χ4n) is 4.33. The molecule has 4 amide bonds. The quantitative estimate of drug-likeness (QED) is 0.180. The molecule has 0 saturated carbocycles. The molecular formula is C32H34N2O10. The van der Waals surface area contributed by atoms with Crippen molar-refractivity contribution >= 4 is 35.6 Å². The Hall–Kier alpha value is -4.94. The van der Waals surface area contributed by atoms with Crippen LogP contribution < -0.4 is 0 Å². The zero-order valence-electron chi connectivity index (χ0n) is 24.3. The largest absolute Gasteiger partial charge is 0.459 e. The molecule has 2 saturated heterocycles. The van der Waals surface area contributed by atoms with Gasteiger partial charge in [-0.2, -0.15) is 0 Å². The lowest BCUT2D eigenvalue weighted by Gasteiger charge is -2.38. The minimum Gasteiger partial charge on any atom is -0.459 e. The Morgan fingerprint density at radius 1 is 0.841 bits per heavy atom. The monoisotopic (exact) mass is 606 g/mol. The van der Waals surface area contributed by atoms with Crippen molar-refractivity contribution in [2.24, 2.45) is 0 Å². The van der Waals surface area contributed by atoms with Crippen molar-refractivity contribution in [3.8, 4) is 0 Å². The van der Waals surface area contributed by atoms with Gasteiger partial charge in [0, 0.05) is 11.1 Å². The third kappa shape index (κ3) is 7.71. The molecule has 0 bridgehead atoms. The van der Waals surface area contributed by atoms with Gasteiger partial charge in [-0.3, -0.25) is 29.0 Å². The second-order valence-corrected chi connectivity index (χ2v) is 9.37. The normalized spacial score (nSPS) is 19.6. The highest BCUT2D eigenvalue weighted by Gasteiger charge is 2.53. The van der Waals surface area contributed by atoms with Crippen LogP contribution in [0.1, 0.15) is 34.1 Å². The van der Waals surface area contributed by atoms with Crippen molar-refractivity contribution < 1.29 is 47.7 Å². The van der Waals surface area contributed by atoms with Gasteiger partial charge in [0.2, 0.25) is 11.7 Å². The summed E-state index contributed by atoms with van der Waals surface area (Å²) < 4.78 is 20.3. The second kappa shape index (κ2) is 16.1. The van der Waals surface area contributed by atoms with E-state index in [2.05, 4.69) is 13.2 Å². The number of amides is 4. The first-order valence-electron chi connectivity index (χ1n) is 13.8. The molecule has 0 spiro atoms. The summed E-state index contributed by atoms with van der Waals surface area (Å²) in [6.45, 7) is 8.87. The van der Waals surface area contributed by atoms with Crippen molar-refractivity contribution in [2.45, 2.75) is 25.0 Å². The molecule has 44 heavy (non-hydrogen) atoms. The predicted molar refractivity (Wildman–Crippen MR) is 156 cm³/mol. The van der Waals surface area contributed by atoms with Crippen LogP contribution in [-0.2, 0) is 38.1 Å². The number of hydrogen-bond acceptors (Lipinski definition) is 10. The summed E-state index contributed by atoms with van der Waals surface area (Å²) >= 11 is 0. The standard InChI is InChI=1S/C17H19NO5.C15H15NO5/c1-3-11-22-16(21)17(4-2)15(20)18(10-12-23-17)14(19)13-8-6-5-7-9-13;1-2-9-21-15(19)12-14(18)16(8-10-20-12)13(17)11-6-4-3-5-7-11/h3,5-9H,1,4,10-12H2,2H3;2-7,12H,1,8-10H2. The van der Waals surface area contributed by atoms with Gasteiger partial charge in [-0.25, -0.2) is 9.59 Å². The van der Waals surface area contributed by atoms with Crippen LogP contribution in [0.25, 0.3) is 0 Å². The van der Waals surface area contributed by atoms with Crippen LogP contribution in [0.2, 0.25) is 0 Å². The SMILES string of the molecule is C=CCOC(=O)C1(CC)OCCN(C(=O)c2ccccc2)C1=O.C=CCOC(=O)C1OCCN(C(=O)c2ccccc2)C1=O. The van der Waals surface area contributed by atoms with Gasteiger partial charge in [0.15, 0.2) is 0 Å². The number of imide groups is 2. The van der Waals surface area contributed by atoms with E-state index in [-0.39, 0.29) is 45.9 Å². The predicted octanol–water partition coefficient (Wildman–Crippen LogP) is 2.35. The van der Waals surface area contributed by atoms with Crippen LogP contribution in [0.5, 0.6) is 0 Å². The second-order valence-electron chi connectivity index (χ2n) is 9.37. The molecule has 4 rings (SSSR count). The van der Waals surface area contributed by atoms with Gasteiger partial charge in [0.25, 0.3) is 23.6 Å². The van der Waals surface area contributed by atoms with Gasteiger partial charge in [0.1, 0.15) is 13.2 Å². The maximum absolute atomic E-state index is 12.8. The molecule has 0 aliphatic carbocycles. The number of benzene rings is 2. The number of rotatable bonds is 9. The Morgan fingerprint density at radius 3 is 1.91 bits per heavy atom. The summed E-state index contributed by atoms with van der Waals surface area (Å²) in [7, 11) is 0. The number of nitrogens with zero attached hydrogens (tertiary/aromatic N) is 2. The van der Waals surface area contributed by atoms with E-state index in [0.717, 1.165) is 9.80 Å². The van der Waals surface area contributed by atoms with Crippen molar-refractivity contribution in [3.63, 3.8) is 0 Å². The van der Waals surface area contributed by atoms with Crippen LogP contribution in [-0.4, -0.2) is 96.6 Å². The average molecular weight is 607 g/mol. The van der Waals surface area contributed by atoms with Crippen LogP contribution in [0.15, 0.2) is 86.0 Å². The van der Waals surface area contributed by atoms with Crippen molar-refractivity contribution in [1.82, 2.24) is 9.80 Å². The molecule has 2 atom stereocenters. The molecule has 0 N–H and O–H groups in total. The van der Waals surface area contributed by atoms with Gasteiger partial charge in [-0.05, 0) is 30.7 Å². The molecule has 2 aromatic carbocycles. The Morgan fingerprint density at radius 2 is 1.36 bits per heavy atom. The summed E-state index contributed by atoms with van der Waals surface area (Å²) in [6.07, 6.45) is 1.48. The fraction of sp³-hybridized carbons (Fsp3) is 0.312. The molecule has 2 fully saturated rings. The van der Waals surface area contributed by atoms with Gasteiger partial charge in [-0.1, -0.05) is 68.6 Å². The summed E-state index contributed by atoms with van der Waals surface area (Å²) in [5.41, 5.74) is -1.01. The number of morpholine rings is 2. The minimum absolute atomic E-state index is 0.0153. The maximum Gasteiger partial charge on any atom is 0.348 e. The minimum atomic E-state index is -1.77. The van der Waals surface area contributed by atoms with Crippen LogP contribution in [0.3, 0.4) is 0 Å². The molecule has 232 valence electrons. The third-order valence-corrected chi connectivity index (χ3v) is 6.59. The van der Waals surface area contributed by atoms with E-state index in [1.807, 2.05) is 0 Å². The number of esters is 2. The highest BCUT2D eigenvalue weighted by Crippen LogP contribution is 2.26. The van der Waals surface area contributed by atoms with Crippen LogP contribution in [0.4, 0.5) is 0 Å². The summed E-state index contributed by atoms with van der Waals surface area (Å²) in [4.78, 5) is 75.8. The molecule has 2 aliphatic rings. The number of carbonyl (C=O) groups is 6. The zero-order valence-corrected chi connectivity index (χ0v) is 24.3. The van der Waals surface area contributed by atoms with E-state index in [9.17, 15) is 28.8 Å². The van der Waals surface area contributed by atoms with Crippen molar-refractivity contribution in [2.75, 3.05) is 39.5 Å². The molecule has 12 nitrogen and oxygen atoms in total. The molecule has 12 heteroatoms. The smallest absolute Gasteiger partial charge is 0.348 e. The van der Waals surface area contributed by atoms with Gasteiger partial charge in [-0.15, -0.1) is 0 Å². The molecule has 0 radical (unpaired) electrons. The molecule has 2 aromatic rings. The Labute approximate surface area is 254 Å². The van der Waals surface area contributed by atoms with Gasteiger partial charge < -0.3 is 18.9 Å². The topological polar surface area (TPSA) is 146 Å². The van der Waals surface area contributed by atoms with Gasteiger partial charge >= 0.3 is 11.9 Å². The summed E-state index contributed by atoms with van der Waals surface area (Å²) in [5, 5.41) is 0.